The molecule has 1 aromatic heterocycles. The topological polar surface area (TPSA) is 70.4 Å². The van der Waals surface area contributed by atoms with Gasteiger partial charge in [-0.1, -0.05) is 42.1 Å². The van der Waals surface area contributed by atoms with E-state index in [-0.39, 0.29) is 5.56 Å². The number of hydrogen-bond donors (Lipinski definition) is 1. The second-order valence-electron chi connectivity index (χ2n) is 6.38. The highest BCUT2D eigenvalue weighted by Gasteiger charge is 2.17. The smallest absolute Gasteiger partial charge is 0.160 e. The number of nitrogens with one attached hydrogen (secondary N) is 1. The van der Waals surface area contributed by atoms with Crippen LogP contribution in [0, 0.1) is 6.92 Å². The van der Waals surface area contributed by atoms with E-state index in [4.69, 9.17) is 0 Å². The fourth-order valence-electron chi connectivity index (χ4n) is 3.20. The monoisotopic (exact) mass is 357 g/mol. The van der Waals surface area contributed by atoms with Gasteiger partial charge in [-0.05, 0) is 26.2 Å². The molecule has 0 unspecified atom stereocenters. The summed E-state index contributed by atoms with van der Waals surface area (Å²) < 4.78 is 0. The number of hydrogen-bond acceptors (Lipinski definition) is 5. The summed E-state index contributed by atoms with van der Waals surface area (Å²) >= 11 is 1.50. The van der Waals surface area contributed by atoms with Crippen molar-refractivity contribution in [1.29, 1.82) is 0 Å². The maximum absolute atomic E-state index is 11.5. The zero-order chi connectivity index (χ0) is 17.6. The Bertz CT molecular complexity index is 731. The Hall–Kier alpha value is -1.92. The highest BCUT2D eigenvalue weighted by molar-refractivity contribution is 7.99. The minimum atomic E-state index is -1.20. The van der Waals surface area contributed by atoms with Gasteiger partial charge in [0, 0.05) is 11.3 Å². The summed E-state index contributed by atoms with van der Waals surface area (Å²) in [5.41, 5.74) is 1.47. The first kappa shape index (κ1) is 17.9. The van der Waals surface area contributed by atoms with Gasteiger partial charge in [0.15, 0.2) is 5.82 Å². The van der Waals surface area contributed by atoms with Crippen LogP contribution < -0.4 is 10.0 Å². The minimum Gasteiger partial charge on any atom is -0.545 e. The van der Waals surface area contributed by atoms with Crippen molar-refractivity contribution in [2.75, 3.05) is 25.4 Å². The predicted molar refractivity (Wildman–Crippen MR) is 96.7 cm³/mol. The number of rotatable bonds is 6. The fourth-order valence-corrected chi connectivity index (χ4v) is 4.31. The summed E-state index contributed by atoms with van der Waals surface area (Å²) in [4.78, 5) is 22.0. The van der Waals surface area contributed by atoms with Crippen molar-refractivity contribution in [3.05, 3.63) is 41.6 Å². The molecule has 0 saturated carbocycles. The number of carbonyl (C=O) groups is 1. The van der Waals surface area contributed by atoms with E-state index in [0.29, 0.717) is 16.5 Å². The van der Waals surface area contributed by atoms with Crippen molar-refractivity contribution in [3.8, 4) is 11.4 Å². The molecule has 6 heteroatoms. The number of carbonyl (C=O) groups excluding carboxylic acids is 1. The number of aromatic nitrogens is 2. The van der Waals surface area contributed by atoms with Gasteiger partial charge < -0.3 is 14.8 Å². The van der Waals surface area contributed by atoms with E-state index in [2.05, 4.69) is 9.97 Å². The number of piperidine rings is 1. The van der Waals surface area contributed by atoms with Gasteiger partial charge >= 0.3 is 0 Å². The molecule has 1 aliphatic rings. The van der Waals surface area contributed by atoms with E-state index in [1.165, 1.54) is 44.1 Å². The van der Waals surface area contributed by atoms with Crippen LogP contribution in [-0.4, -0.2) is 41.3 Å². The Morgan fingerprint density at radius 2 is 1.88 bits per heavy atom. The molecule has 1 N–H and O–H groups in total. The molecule has 0 amide bonds. The number of carboxylic acid groups (broad SMARTS) is 1. The molecular formula is C19H23N3O2S. The van der Waals surface area contributed by atoms with Gasteiger partial charge in [-0.25, -0.2) is 9.97 Å². The van der Waals surface area contributed by atoms with Crippen molar-refractivity contribution < 1.29 is 14.8 Å². The van der Waals surface area contributed by atoms with Gasteiger partial charge in [0.25, 0.3) is 0 Å². The van der Waals surface area contributed by atoms with Crippen LogP contribution in [0.3, 0.4) is 0 Å². The van der Waals surface area contributed by atoms with Gasteiger partial charge in [0.05, 0.1) is 36.9 Å². The van der Waals surface area contributed by atoms with Crippen LogP contribution in [0.25, 0.3) is 11.4 Å². The third kappa shape index (κ3) is 4.58. The Morgan fingerprint density at radius 1 is 1.16 bits per heavy atom. The fraction of sp³-hybridized carbons (Fsp3) is 0.421. The number of nitrogens with zero attached hydrogens (tertiary/aromatic N) is 2. The number of aromatic carboxylic acids is 1. The summed E-state index contributed by atoms with van der Waals surface area (Å²) in [6.07, 6.45) is 3.90. The molecule has 1 aromatic carbocycles. The second-order valence-corrected chi connectivity index (χ2v) is 7.46. The molecule has 0 radical (unpaired) electrons. The van der Waals surface area contributed by atoms with Crippen LogP contribution >= 0.6 is 11.8 Å². The Kier molecular flexibility index (Phi) is 6.04. The van der Waals surface area contributed by atoms with E-state index >= 15 is 0 Å². The van der Waals surface area contributed by atoms with Gasteiger partial charge in [-0.3, -0.25) is 0 Å². The lowest BCUT2D eigenvalue weighted by Crippen LogP contribution is -3.13. The Morgan fingerprint density at radius 3 is 2.56 bits per heavy atom. The van der Waals surface area contributed by atoms with Crippen molar-refractivity contribution in [3.63, 3.8) is 0 Å². The number of thioether (sulfide) groups is 1. The van der Waals surface area contributed by atoms with E-state index < -0.39 is 5.97 Å². The SMILES string of the molecule is Cc1nc(-c2ccccc2)nc(SCC[NH+]2CCCCC2)c1C(=O)[O-]. The third-order valence-electron chi connectivity index (χ3n) is 4.55. The molecule has 5 nitrogen and oxygen atoms in total. The first-order chi connectivity index (χ1) is 12.1. The van der Waals surface area contributed by atoms with Crippen molar-refractivity contribution >= 4 is 17.7 Å². The molecule has 0 spiro atoms. The maximum Gasteiger partial charge on any atom is 0.160 e. The van der Waals surface area contributed by atoms with Crippen LogP contribution in [0.1, 0.15) is 35.3 Å². The molecular weight excluding hydrogens is 334 g/mol. The third-order valence-corrected chi connectivity index (χ3v) is 5.52. The van der Waals surface area contributed by atoms with Crippen LogP contribution in [-0.2, 0) is 0 Å². The van der Waals surface area contributed by atoms with Crippen LogP contribution in [0.15, 0.2) is 35.4 Å². The first-order valence-corrected chi connectivity index (χ1v) is 9.75. The molecule has 25 heavy (non-hydrogen) atoms. The van der Waals surface area contributed by atoms with Crippen LogP contribution in [0.4, 0.5) is 0 Å². The van der Waals surface area contributed by atoms with Crippen molar-refractivity contribution in [2.24, 2.45) is 0 Å². The molecule has 0 aliphatic carbocycles. The summed E-state index contributed by atoms with van der Waals surface area (Å²) in [7, 11) is 0. The van der Waals surface area contributed by atoms with Crippen molar-refractivity contribution in [1.82, 2.24) is 9.97 Å². The van der Waals surface area contributed by atoms with Crippen LogP contribution in [0.5, 0.6) is 0 Å². The first-order valence-electron chi connectivity index (χ1n) is 8.77. The average Bonchev–Trinajstić information content (AvgIpc) is 2.62. The lowest BCUT2D eigenvalue weighted by molar-refractivity contribution is -0.902. The van der Waals surface area contributed by atoms with Crippen molar-refractivity contribution in [2.45, 2.75) is 31.2 Å². The minimum absolute atomic E-state index is 0.123. The average molecular weight is 357 g/mol. The van der Waals surface area contributed by atoms with E-state index in [0.717, 1.165) is 17.9 Å². The van der Waals surface area contributed by atoms with E-state index in [1.807, 2.05) is 30.3 Å². The predicted octanol–water partition coefficient (Wildman–Crippen LogP) is 0.976. The maximum atomic E-state index is 11.5. The zero-order valence-electron chi connectivity index (χ0n) is 14.5. The molecule has 0 atom stereocenters. The molecule has 2 heterocycles. The number of likely N-dealkylation sites (tertiary alicyclic amines) is 1. The summed E-state index contributed by atoms with van der Waals surface area (Å²) in [6.45, 7) is 5.16. The summed E-state index contributed by atoms with van der Waals surface area (Å²) in [5.74, 6) is 0.209. The molecule has 1 aliphatic heterocycles. The number of quaternary nitrogens is 1. The summed E-state index contributed by atoms with van der Waals surface area (Å²) in [5, 5.41) is 12.1. The molecule has 1 saturated heterocycles. The Balaban J connectivity index is 1.79. The normalized spacial score (nSPS) is 15.2. The quantitative estimate of drug-likeness (QED) is 0.616. The highest BCUT2D eigenvalue weighted by Crippen LogP contribution is 2.25. The lowest BCUT2D eigenvalue weighted by Gasteiger charge is -2.23. The highest BCUT2D eigenvalue weighted by atomic mass is 32.2. The van der Waals surface area contributed by atoms with Gasteiger partial charge in [0.1, 0.15) is 5.03 Å². The zero-order valence-corrected chi connectivity index (χ0v) is 15.3. The number of aryl methyl sites for hydroxylation is 1. The lowest BCUT2D eigenvalue weighted by atomic mass is 10.1. The second kappa shape index (κ2) is 8.45. The number of benzene rings is 1. The summed E-state index contributed by atoms with van der Waals surface area (Å²) in [6, 6.07) is 9.64. The Labute approximate surface area is 152 Å². The molecule has 1 fully saturated rings. The number of carboxylic acids is 1. The van der Waals surface area contributed by atoms with Gasteiger partial charge in [0.2, 0.25) is 0 Å². The molecule has 2 aromatic rings. The van der Waals surface area contributed by atoms with Crippen LogP contribution in [0.2, 0.25) is 0 Å². The molecule has 132 valence electrons. The molecule has 0 bridgehead atoms. The van der Waals surface area contributed by atoms with E-state index in [1.54, 1.807) is 11.8 Å². The molecule has 3 rings (SSSR count). The van der Waals surface area contributed by atoms with Gasteiger partial charge in [-0.15, -0.1) is 0 Å². The standard InChI is InChI=1S/C19H23N3O2S/c1-14-16(19(23)24)18(25-13-12-22-10-6-3-7-11-22)21-17(20-14)15-8-4-2-5-9-15/h2,4-5,8-9H,3,6-7,10-13H2,1H3,(H,23,24). The van der Waals surface area contributed by atoms with Gasteiger partial charge in [-0.2, -0.15) is 0 Å². The van der Waals surface area contributed by atoms with E-state index in [9.17, 15) is 9.90 Å². The largest absolute Gasteiger partial charge is 0.545 e.